The lowest BCUT2D eigenvalue weighted by Gasteiger charge is -2.02. The zero-order valence-electron chi connectivity index (χ0n) is 6.97. The highest BCUT2D eigenvalue weighted by Gasteiger charge is 2.01. The first-order valence-electron chi connectivity index (χ1n) is 3.86. The van der Waals surface area contributed by atoms with Crippen LogP contribution < -0.4 is 5.32 Å². The molecule has 0 aliphatic heterocycles. The molecule has 1 rings (SSSR count). The number of phenols is 1. The molecule has 0 atom stereocenters. The molecule has 0 spiro atoms. The molecule has 0 aliphatic rings. The smallest absolute Gasteiger partial charge is 0.130 e. The summed E-state index contributed by atoms with van der Waals surface area (Å²) in [5.41, 5.74) is 0.627. The van der Waals surface area contributed by atoms with Crippen LogP contribution in [0.25, 0.3) is 0 Å². The Bertz CT molecular complexity index is 263. The first-order valence-corrected chi connectivity index (χ1v) is 3.86. The normalized spacial score (nSPS) is 10.2. The van der Waals surface area contributed by atoms with Crippen molar-refractivity contribution in [3.05, 3.63) is 29.6 Å². The monoisotopic (exact) mass is 169 g/mol. The van der Waals surface area contributed by atoms with E-state index in [1.165, 1.54) is 6.07 Å². The maximum Gasteiger partial charge on any atom is 0.130 e. The third kappa shape index (κ3) is 2.20. The number of aromatic hydroxyl groups is 1. The van der Waals surface area contributed by atoms with E-state index in [1.54, 1.807) is 6.07 Å². The molecule has 0 amide bonds. The summed E-state index contributed by atoms with van der Waals surface area (Å²) in [7, 11) is 1.82. The Morgan fingerprint density at radius 3 is 2.83 bits per heavy atom. The highest BCUT2D eigenvalue weighted by molar-refractivity contribution is 5.27. The summed E-state index contributed by atoms with van der Waals surface area (Å²) in [4.78, 5) is 0. The minimum atomic E-state index is -0.342. The lowest BCUT2D eigenvalue weighted by atomic mass is 10.1. The van der Waals surface area contributed by atoms with Crippen molar-refractivity contribution in [1.82, 2.24) is 5.32 Å². The van der Waals surface area contributed by atoms with Crippen LogP contribution in [0.15, 0.2) is 18.2 Å². The van der Waals surface area contributed by atoms with Gasteiger partial charge in [0.1, 0.15) is 11.6 Å². The van der Waals surface area contributed by atoms with Crippen molar-refractivity contribution in [2.45, 2.75) is 6.42 Å². The van der Waals surface area contributed by atoms with Crippen molar-refractivity contribution in [3.63, 3.8) is 0 Å². The molecule has 1 aromatic rings. The van der Waals surface area contributed by atoms with Gasteiger partial charge in [-0.2, -0.15) is 0 Å². The minimum Gasteiger partial charge on any atom is -0.508 e. The van der Waals surface area contributed by atoms with Crippen molar-refractivity contribution in [3.8, 4) is 5.75 Å². The van der Waals surface area contributed by atoms with Crippen LogP contribution in [-0.2, 0) is 6.42 Å². The number of rotatable bonds is 3. The molecule has 0 saturated carbocycles. The van der Waals surface area contributed by atoms with Crippen molar-refractivity contribution >= 4 is 0 Å². The maximum absolute atomic E-state index is 13.0. The van der Waals surface area contributed by atoms with Gasteiger partial charge in [-0.25, -0.2) is 4.39 Å². The minimum absolute atomic E-state index is 0.0271. The van der Waals surface area contributed by atoms with Gasteiger partial charge >= 0.3 is 0 Å². The summed E-state index contributed by atoms with van der Waals surface area (Å²) >= 11 is 0. The average Bonchev–Trinajstić information content (AvgIpc) is 2.03. The fourth-order valence-corrected chi connectivity index (χ4v) is 0.999. The van der Waals surface area contributed by atoms with Crippen molar-refractivity contribution in [2.24, 2.45) is 0 Å². The van der Waals surface area contributed by atoms with E-state index in [0.717, 1.165) is 12.6 Å². The van der Waals surface area contributed by atoms with Crippen LogP contribution in [-0.4, -0.2) is 18.7 Å². The molecule has 0 aliphatic carbocycles. The molecular weight excluding hydrogens is 157 g/mol. The predicted molar refractivity (Wildman–Crippen MR) is 45.7 cm³/mol. The SMILES string of the molecule is CNCCc1ccc(O)cc1F. The van der Waals surface area contributed by atoms with Gasteiger partial charge in [-0.1, -0.05) is 6.07 Å². The van der Waals surface area contributed by atoms with Gasteiger partial charge in [0.2, 0.25) is 0 Å². The highest BCUT2D eigenvalue weighted by atomic mass is 19.1. The second-order valence-electron chi connectivity index (χ2n) is 2.63. The molecular formula is C9H12FNO. The van der Waals surface area contributed by atoms with Crippen LogP contribution >= 0.6 is 0 Å². The first kappa shape index (κ1) is 9.00. The Hall–Kier alpha value is -1.09. The van der Waals surface area contributed by atoms with E-state index in [0.29, 0.717) is 12.0 Å². The number of likely N-dealkylation sites (N-methyl/N-ethyl adjacent to an activating group) is 1. The summed E-state index contributed by atoms with van der Waals surface area (Å²) in [6, 6.07) is 4.22. The summed E-state index contributed by atoms with van der Waals surface area (Å²) < 4.78 is 13.0. The molecule has 1 aromatic carbocycles. The molecule has 0 fully saturated rings. The molecule has 3 heteroatoms. The van der Waals surface area contributed by atoms with Gasteiger partial charge in [-0.05, 0) is 31.6 Å². The average molecular weight is 169 g/mol. The number of hydrogen-bond donors (Lipinski definition) is 2. The Morgan fingerprint density at radius 1 is 1.50 bits per heavy atom. The molecule has 0 bridgehead atoms. The van der Waals surface area contributed by atoms with Crippen LogP contribution in [0, 0.1) is 5.82 Å². The lowest BCUT2D eigenvalue weighted by Crippen LogP contribution is -2.11. The lowest BCUT2D eigenvalue weighted by molar-refractivity contribution is 0.467. The summed E-state index contributed by atoms with van der Waals surface area (Å²) in [5, 5.41) is 11.8. The fourth-order valence-electron chi connectivity index (χ4n) is 0.999. The van der Waals surface area contributed by atoms with E-state index in [9.17, 15) is 4.39 Å². The molecule has 0 saturated heterocycles. The third-order valence-corrected chi connectivity index (χ3v) is 1.68. The van der Waals surface area contributed by atoms with Gasteiger partial charge in [0.15, 0.2) is 0 Å². The van der Waals surface area contributed by atoms with Gasteiger partial charge in [0.05, 0.1) is 0 Å². The van der Waals surface area contributed by atoms with Crippen molar-refractivity contribution in [2.75, 3.05) is 13.6 Å². The van der Waals surface area contributed by atoms with Gasteiger partial charge in [0, 0.05) is 6.07 Å². The van der Waals surface area contributed by atoms with E-state index in [-0.39, 0.29) is 11.6 Å². The largest absolute Gasteiger partial charge is 0.508 e. The Kier molecular flexibility index (Phi) is 3.05. The number of hydrogen-bond acceptors (Lipinski definition) is 2. The Morgan fingerprint density at radius 2 is 2.25 bits per heavy atom. The van der Waals surface area contributed by atoms with Crippen LogP contribution in [0.2, 0.25) is 0 Å². The van der Waals surface area contributed by atoms with Gasteiger partial charge < -0.3 is 10.4 Å². The van der Waals surface area contributed by atoms with Gasteiger partial charge in [0.25, 0.3) is 0 Å². The van der Waals surface area contributed by atoms with E-state index in [4.69, 9.17) is 5.11 Å². The van der Waals surface area contributed by atoms with Crippen molar-refractivity contribution in [1.29, 1.82) is 0 Å². The summed E-state index contributed by atoms with van der Waals surface area (Å²) in [6.07, 6.45) is 0.641. The van der Waals surface area contributed by atoms with E-state index in [1.807, 2.05) is 7.05 Å². The number of halogens is 1. The number of nitrogens with one attached hydrogen (secondary N) is 1. The molecule has 0 heterocycles. The highest BCUT2D eigenvalue weighted by Crippen LogP contribution is 2.14. The molecule has 0 radical (unpaired) electrons. The van der Waals surface area contributed by atoms with E-state index >= 15 is 0 Å². The zero-order chi connectivity index (χ0) is 8.97. The first-order chi connectivity index (χ1) is 5.74. The van der Waals surface area contributed by atoms with Gasteiger partial charge in [-0.3, -0.25) is 0 Å². The van der Waals surface area contributed by atoms with Crippen LogP contribution in [0.3, 0.4) is 0 Å². The third-order valence-electron chi connectivity index (χ3n) is 1.68. The zero-order valence-corrected chi connectivity index (χ0v) is 6.97. The maximum atomic E-state index is 13.0. The van der Waals surface area contributed by atoms with Crippen LogP contribution in [0.4, 0.5) is 4.39 Å². The molecule has 12 heavy (non-hydrogen) atoms. The number of benzene rings is 1. The molecule has 2 N–H and O–H groups in total. The molecule has 0 unspecified atom stereocenters. The second kappa shape index (κ2) is 4.07. The fraction of sp³-hybridized carbons (Fsp3) is 0.333. The molecule has 66 valence electrons. The van der Waals surface area contributed by atoms with E-state index in [2.05, 4.69) is 5.32 Å². The quantitative estimate of drug-likeness (QED) is 0.714. The van der Waals surface area contributed by atoms with Crippen molar-refractivity contribution < 1.29 is 9.50 Å². The second-order valence-corrected chi connectivity index (χ2v) is 2.63. The molecule has 0 aromatic heterocycles. The van der Waals surface area contributed by atoms with Gasteiger partial charge in [-0.15, -0.1) is 0 Å². The Labute approximate surface area is 71.0 Å². The number of phenolic OH excluding ortho intramolecular Hbond substituents is 1. The summed E-state index contributed by atoms with van der Waals surface area (Å²) in [6.45, 7) is 0.738. The van der Waals surface area contributed by atoms with E-state index < -0.39 is 0 Å². The predicted octanol–water partition coefficient (Wildman–Crippen LogP) is 1.29. The topological polar surface area (TPSA) is 32.3 Å². The summed E-state index contributed by atoms with van der Waals surface area (Å²) in [5.74, 6) is -0.369. The van der Waals surface area contributed by atoms with Crippen LogP contribution in [0.5, 0.6) is 5.75 Å². The Balaban J connectivity index is 2.72. The standard InChI is InChI=1S/C9H12FNO/c1-11-5-4-7-2-3-8(12)6-9(7)10/h2-3,6,11-12H,4-5H2,1H3. The molecule has 2 nitrogen and oxygen atoms in total. The van der Waals surface area contributed by atoms with Crippen LogP contribution in [0.1, 0.15) is 5.56 Å².